The van der Waals surface area contributed by atoms with Gasteiger partial charge in [-0.2, -0.15) is 16.4 Å². The Morgan fingerprint density at radius 3 is 2.72 bits per heavy atom. The van der Waals surface area contributed by atoms with Gasteiger partial charge in [-0.1, -0.05) is 0 Å². The van der Waals surface area contributed by atoms with Crippen molar-refractivity contribution in [2.75, 3.05) is 11.9 Å². The molecule has 25 heavy (non-hydrogen) atoms. The van der Waals surface area contributed by atoms with E-state index in [1.807, 2.05) is 37.7 Å². The van der Waals surface area contributed by atoms with Crippen LogP contribution in [0.25, 0.3) is 10.6 Å². The van der Waals surface area contributed by atoms with Crippen LogP contribution in [0.5, 0.6) is 0 Å². The predicted molar refractivity (Wildman–Crippen MR) is 99.1 cm³/mol. The highest BCUT2D eigenvalue weighted by Crippen LogP contribution is 2.25. The van der Waals surface area contributed by atoms with Crippen molar-refractivity contribution in [1.29, 1.82) is 0 Å². The molecule has 0 unspecified atom stereocenters. The van der Waals surface area contributed by atoms with Crippen LogP contribution in [-0.2, 0) is 11.8 Å². The molecule has 130 valence electrons. The summed E-state index contributed by atoms with van der Waals surface area (Å²) in [5.41, 5.74) is 3.58. The van der Waals surface area contributed by atoms with Crippen LogP contribution in [0.4, 0.5) is 5.69 Å². The fourth-order valence-electron chi connectivity index (χ4n) is 2.29. The van der Waals surface area contributed by atoms with Gasteiger partial charge in [-0.3, -0.25) is 14.3 Å². The van der Waals surface area contributed by atoms with Gasteiger partial charge in [0.05, 0.1) is 23.6 Å². The number of hydrogen-bond donors (Lipinski definition) is 2. The van der Waals surface area contributed by atoms with Crippen molar-refractivity contribution in [1.82, 2.24) is 20.1 Å². The lowest BCUT2D eigenvalue weighted by atomic mass is 10.3. The maximum Gasteiger partial charge on any atom is 0.271 e. The summed E-state index contributed by atoms with van der Waals surface area (Å²) in [5.74, 6) is -0.673. The van der Waals surface area contributed by atoms with Crippen molar-refractivity contribution in [3.63, 3.8) is 0 Å². The third-order valence-electron chi connectivity index (χ3n) is 3.69. The Morgan fingerprint density at radius 2 is 2.08 bits per heavy atom. The van der Waals surface area contributed by atoms with Gasteiger partial charge in [0.25, 0.3) is 5.91 Å². The van der Waals surface area contributed by atoms with Gasteiger partial charge in [-0.05, 0) is 25.3 Å². The normalized spacial score (nSPS) is 10.7. The van der Waals surface area contributed by atoms with Gasteiger partial charge in [-0.25, -0.2) is 4.98 Å². The molecule has 0 radical (unpaired) electrons. The van der Waals surface area contributed by atoms with E-state index in [4.69, 9.17) is 0 Å². The molecule has 0 fully saturated rings. The van der Waals surface area contributed by atoms with Gasteiger partial charge < -0.3 is 10.6 Å². The van der Waals surface area contributed by atoms with Gasteiger partial charge >= 0.3 is 0 Å². The summed E-state index contributed by atoms with van der Waals surface area (Å²) < 4.78 is 1.70. The van der Waals surface area contributed by atoms with Crippen molar-refractivity contribution in [2.24, 2.45) is 7.05 Å². The van der Waals surface area contributed by atoms with Crippen molar-refractivity contribution in [2.45, 2.75) is 13.8 Å². The Hall–Kier alpha value is -2.52. The molecular weight excluding hydrogens is 358 g/mol. The number of amides is 2. The second-order valence-electron chi connectivity index (χ2n) is 5.45. The minimum absolute atomic E-state index is 0.127. The van der Waals surface area contributed by atoms with Crippen LogP contribution in [0.2, 0.25) is 0 Å². The molecule has 3 heterocycles. The Kier molecular flexibility index (Phi) is 4.95. The number of thiazole rings is 1. The minimum atomic E-state index is -0.368. The molecule has 0 saturated carbocycles. The highest BCUT2D eigenvalue weighted by atomic mass is 32.1. The summed E-state index contributed by atoms with van der Waals surface area (Å²) in [6.07, 6.45) is 0. The van der Waals surface area contributed by atoms with E-state index in [1.165, 1.54) is 11.3 Å². The lowest BCUT2D eigenvalue weighted by Crippen LogP contribution is -2.33. The van der Waals surface area contributed by atoms with E-state index in [2.05, 4.69) is 20.7 Å². The molecule has 7 nitrogen and oxygen atoms in total. The van der Waals surface area contributed by atoms with Crippen LogP contribution in [0.1, 0.15) is 21.9 Å². The van der Waals surface area contributed by atoms with E-state index in [1.54, 1.807) is 21.4 Å². The average Bonchev–Trinajstić information content (AvgIpc) is 3.30. The standard InChI is InChI=1S/C16H17N5O2S2/c1-9-14(10(2)21(3)20-9)19-13(22)6-17-15(23)12-8-25-16(18-12)11-4-5-24-7-11/h4-5,7-8H,6H2,1-3H3,(H,17,23)(H,19,22). The zero-order valence-corrected chi connectivity index (χ0v) is 15.6. The van der Waals surface area contributed by atoms with Crippen LogP contribution in [0.3, 0.4) is 0 Å². The number of nitrogens with zero attached hydrogens (tertiary/aromatic N) is 3. The van der Waals surface area contributed by atoms with Crippen LogP contribution in [-0.4, -0.2) is 33.1 Å². The van der Waals surface area contributed by atoms with Gasteiger partial charge in [0, 0.05) is 23.4 Å². The second-order valence-corrected chi connectivity index (χ2v) is 7.09. The fourth-order valence-corrected chi connectivity index (χ4v) is 3.80. The number of carbonyl (C=O) groups excluding carboxylic acids is 2. The summed E-state index contributed by atoms with van der Waals surface area (Å²) in [5, 5.41) is 16.0. The lowest BCUT2D eigenvalue weighted by Gasteiger charge is -2.06. The zero-order valence-electron chi connectivity index (χ0n) is 14.0. The molecule has 0 atom stereocenters. The lowest BCUT2D eigenvalue weighted by molar-refractivity contribution is -0.115. The first-order chi connectivity index (χ1) is 12.0. The zero-order chi connectivity index (χ0) is 18.0. The number of aryl methyl sites for hydroxylation is 2. The highest BCUT2D eigenvalue weighted by molar-refractivity contribution is 7.14. The molecule has 2 amide bonds. The van der Waals surface area contributed by atoms with Crippen molar-refractivity contribution < 1.29 is 9.59 Å². The number of thiophene rings is 1. The van der Waals surface area contributed by atoms with Gasteiger partial charge in [0.1, 0.15) is 10.7 Å². The molecule has 3 aromatic heterocycles. The molecule has 0 aliphatic heterocycles. The minimum Gasteiger partial charge on any atom is -0.342 e. The number of aromatic nitrogens is 3. The third kappa shape index (κ3) is 3.77. The largest absolute Gasteiger partial charge is 0.342 e. The fraction of sp³-hybridized carbons (Fsp3) is 0.250. The van der Waals surface area contributed by atoms with Gasteiger partial charge in [0.2, 0.25) is 5.91 Å². The van der Waals surface area contributed by atoms with Crippen LogP contribution < -0.4 is 10.6 Å². The van der Waals surface area contributed by atoms with Crippen molar-refractivity contribution in [3.05, 3.63) is 39.3 Å². The van der Waals surface area contributed by atoms with E-state index in [0.29, 0.717) is 11.4 Å². The quantitative estimate of drug-likeness (QED) is 0.717. The first-order valence-corrected chi connectivity index (χ1v) is 9.34. The predicted octanol–water partition coefficient (Wildman–Crippen LogP) is 2.59. The number of anilines is 1. The number of nitrogens with one attached hydrogen (secondary N) is 2. The summed E-state index contributed by atoms with van der Waals surface area (Å²) >= 11 is 2.98. The average molecular weight is 375 g/mol. The summed E-state index contributed by atoms with van der Waals surface area (Å²) in [6, 6.07) is 1.96. The molecule has 0 saturated heterocycles. The molecular formula is C16H17N5O2S2. The molecule has 0 aromatic carbocycles. The third-order valence-corrected chi connectivity index (χ3v) is 5.26. The SMILES string of the molecule is Cc1nn(C)c(C)c1NC(=O)CNC(=O)c1csc(-c2ccsc2)n1. The number of hydrogen-bond acceptors (Lipinski definition) is 6. The Bertz CT molecular complexity index is 911. The topological polar surface area (TPSA) is 88.9 Å². The summed E-state index contributed by atoms with van der Waals surface area (Å²) in [6.45, 7) is 3.57. The Balaban J connectivity index is 1.58. The van der Waals surface area contributed by atoms with Crippen molar-refractivity contribution >= 4 is 40.2 Å². The molecule has 0 aliphatic carbocycles. The summed E-state index contributed by atoms with van der Waals surface area (Å²) in [4.78, 5) is 28.6. The Morgan fingerprint density at radius 1 is 1.28 bits per heavy atom. The molecule has 0 spiro atoms. The maximum atomic E-state index is 12.2. The van der Waals surface area contributed by atoms with Crippen LogP contribution in [0.15, 0.2) is 22.2 Å². The Labute approximate surface area is 152 Å². The molecule has 2 N–H and O–H groups in total. The first-order valence-electron chi connectivity index (χ1n) is 7.52. The summed E-state index contributed by atoms with van der Waals surface area (Å²) in [7, 11) is 1.81. The molecule has 0 aliphatic rings. The van der Waals surface area contributed by atoms with Crippen LogP contribution in [0, 0.1) is 13.8 Å². The maximum absolute atomic E-state index is 12.2. The molecule has 9 heteroatoms. The smallest absolute Gasteiger partial charge is 0.271 e. The molecule has 3 aromatic rings. The van der Waals surface area contributed by atoms with E-state index < -0.39 is 0 Å². The van der Waals surface area contributed by atoms with E-state index in [0.717, 1.165) is 22.0 Å². The van der Waals surface area contributed by atoms with Crippen LogP contribution >= 0.6 is 22.7 Å². The van der Waals surface area contributed by atoms with Crippen molar-refractivity contribution in [3.8, 4) is 10.6 Å². The monoisotopic (exact) mass is 375 g/mol. The number of rotatable bonds is 5. The van der Waals surface area contributed by atoms with E-state index in [9.17, 15) is 9.59 Å². The van der Waals surface area contributed by atoms with Gasteiger partial charge in [0.15, 0.2) is 0 Å². The first kappa shape index (κ1) is 17.3. The van der Waals surface area contributed by atoms with Gasteiger partial charge in [-0.15, -0.1) is 11.3 Å². The molecule has 3 rings (SSSR count). The highest BCUT2D eigenvalue weighted by Gasteiger charge is 2.15. The van der Waals surface area contributed by atoms with E-state index >= 15 is 0 Å². The number of carbonyl (C=O) groups is 2. The molecule has 0 bridgehead atoms. The van der Waals surface area contributed by atoms with E-state index in [-0.39, 0.29) is 18.4 Å². The second kappa shape index (κ2) is 7.16.